The third kappa shape index (κ3) is 2.85. The molecular formula is C14H14N2O2. The molecule has 0 aliphatic heterocycles. The number of rotatable bonds is 2. The third-order valence-corrected chi connectivity index (χ3v) is 2.45. The zero-order valence-corrected chi connectivity index (χ0v) is 10.3. The van der Waals surface area contributed by atoms with Crippen LogP contribution in [0.15, 0.2) is 42.5 Å². The molecule has 2 rings (SSSR count). The highest BCUT2D eigenvalue weighted by atomic mass is 16.5. The van der Waals surface area contributed by atoms with E-state index in [0.717, 1.165) is 17.0 Å². The molecule has 4 heteroatoms. The van der Waals surface area contributed by atoms with Crippen molar-refractivity contribution in [3.05, 3.63) is 48.2 Å². The minimum atomic E-state index is -0.476. The molecule has 1 aromatic carbocycles. The summed E-state index contributed by atoms with van der Waals surface area (Å²) in [6.07, 6.45) is -0.476. The van der Waals surface area contributed by atoms with Crippen molar-refractivity contribution in [1.29, 1.82) is 0 Å². The highest BCUT2D eigenvalue weighted by molar-refractivity contribution is 5.70. The van der Waals surface area contributed by atoms with Crippen molar-refractivity contribution < 1.29 is 9.53 Å². The lowest BCUT2D eigenvalue weighted by molar-refractivity contribution is 0.203. The number of hydrogen-bond donors (Lipinski definition) is 1. The summed E-state index contributed by atoms with van der Waals surface area (Å²) >= 11 is 0. The fourth-order valence-electron chi connectivity index (χ4n) is 1.56. The van der Waals surface area contributed by atoms with E-state index in [-0.39, 0.29) is 0 Å². The number of ether oxygens (including phenoxy) is 1. The Hall–Kier alpha value is -2.36. The highest BCUT2D eigenvalue weighted by Gasteiger charge is 2.03. The lowest BCUT2D eigenvalue weighted by Gasteiger charge is -2.05. The van der Waals surface area contributed by atoms with Gasteiger partial charge in [-0.25, -0.2) is 4.79 Å². The van der Waals surface area contributed by atoms with E-state index in [4.69, 9.17) is 4.74 Å². The Labute approximate surface area is 106 Å². The van der Waals surface area contributed by atoms with Crippen LogP contribution in [0.25, 0.3) is 11.3 Å². The zero-order chi connectivity index (χ0) is 13.0. The molecule has 1 heterocycles. The number of aromatic nitrogens is 1. The average Bonchev–Trinajstić information content (AvgIpc) is 2.39. The largest absolute Gasteiger partial charge is 0.412 e. The Bertz CT molecular complexity index is 550. The fraction of sp³-hybridized carbons (Fsp3) is 0.143. The van der Waals surface area contributed by atoms with Gasteiger partial charge >= 0.3 is 6.09 Å². The molecule has 0 unspecified atom stereocenters. The van der Waals surface area contributed by atoms with Crippen molar-refractivity contribution in [2.24, 2.45) is 0 Å². The van der Waals surface area contributed by atoms with E-state index in [1.807, 2.05) is 37.3 Å². The molecule has 0 atom stereocenters. The maximum atomic E-state index is 11.0. The Kier molecular flexibility index (Phi) is 3.57. The molecule has 1 aromatic heterocycles. The second-order valence-electron chi connectivity index (χ2n) is 3.83. The molecule has 1 N–H and O–H groups in total. The number of carbonyl (C=O) groups is 1. The van der Waals surface area contributed by atoms with E-state index in [2.05, 4.69) is 10.3 Å². The number of benzene rings is 1. The van der Waals surface area contributed by atoms with Crippen molar-refractivity contribution >= 4 is 6.09 Å². The Morgan fingerprint density at radius 1 is 1.17 bits per heavy atom. The normalized spacial score (nSPS) is 9.89. The molecule has 92 valence electrons. The van der Waals surface area contributed by atoms with Crippen molar-refractivity contribution in [3.8, 4) is 17.0 Å². The molecule has 0 radical (unpaired) electrons. The first-order valence-corrected chi connectivity index (χ1v) is 5.62. The maximum Gasteiger partial charge on any atom is 0.412 e. The summed E-state index contributed by atoms with van der Waals surface area (Å²) in [4.78, 5) is 15.5. The summed E-state index contributed by atoms with van der Waals surface area (Å²) in [5.41, 5.74) is 2.86. The Morgan fingerprint density at radius 3 is 2.50 bits per heavy atom. The predicted molar refractivity (Wildman–Crippen MR) is 69.5 cm³/mol. The van der Waals surface area contributed by atoms with Crippen LogP contribution in [0.3, 0.4) is 0 Å². The smallest absolute Gasteiger partial charge is 0.410 e. The quantitative estimate of drug-likeness (QED) is 0.881. The maximum absolute atomic E-state index is 11.0. The number of hydrogen-bond acceptors (Lipinski definition) is 3. The van der Waals surface area contributed by atoms with Gasteiger partial charge in [-0.1, -0.05) is 6.07 Å². The number of nitrogens with zero attached hydrogens (tertiary/aromatic N) is 1. The van der Waals surface area contributed by atoms with Gasteiger partial charge in [-0.2, -0.15) is 0 Å². The zero-order valence-electron chi connectivity index (χ0n) is 10.3. The molecule has 18 heavy (non-hydrogen) atoms. The van der Waals surface area contributed by atoms with Gasteiger partial charge in [-0.15, -0.1) is 0 Å². The number of amides is 1. The van der Waals surface area contributed by atoms with Gasteiger partial charge in [0.1, 0.15) is 5.75 Å². The summed E-state index contributed by atoms with van der Waals surface area (Å²) in [6.45, 7) is 1.95. The monoisotopic (exact) mass is 242 g/mol. The predicted octanol–water partition coefficient (Wildman–Crippen LogP) is 2.78. The second kappa shape index (κ2) is 5.31. The Morgan fingerprint density at radius 2 is 1.89 bits per heavy atom. The van der Waals surface area contributed by atoms with Gasteiger partial charge in [0.2, 0.25) is 0 Å². The SMILES string of the molecule is CNC(=O)Oc1ccc(-c2cccc(C)n2)cc1. The molecule has 0 spiro atoms. The first-order valence-electron chi connectivity index (χ1n) is 5.62. The first kappa shape index (κ1) is 12.1. The standard InChI is InChI=1S/C14H14N2O2/c1-10-4-3-5-13(16-10)11-6-8-12(9-7-11)18-14(17)15-2/h3-9H,1-2H3,(H,15,17). The van der Waals surface area contributed by atoms with Crippen LogP contribution in [0.5, 0.6) is 5.75 Å². The van der Waals surface area contributed by atoms with Gasteiger partial charge in [-0.3, -0.25) is 4.98 Å². The van der Waals surface area contributed by atoms with Crippen LogP contribution in [-0.2, 0) is 0 Å². The van der Waals surface area contributed by atoms with Gasteiger partial charge in [0.05, 0.1) is 5.69 Å². The summed E-state index contributed by atoms with van der Waals surface area (Å²) in [6, 6.07) is 13.1. The lowest BCUT2D eigenvalue weighted by atomic mass is 10.1. The van der Waals surface area contributed by atoms with E-state index in [9.17, 15) is 4.79 Å². The van der Waals surface area contributed by atoms with Crippen molar-refractivity contribution in [2.75, 3.05) is 7.05 Å². The number of nitrogens with one attached hydrogen (secondary N) is 1. The second-order valence-corrected chi connectivity index (χ2v) is 3.83. The van der Waals surface area contributed by atoms with Gasteiger partial charge in [-0.05, 0) is 43.3 Å². The minimum Gasteiger partial charge on any atom is -0.410 e. The molecule has 0 bridgehead atoms. The molecule has 2 aromatic rings. The van der Waals surface area contributed by atoms with Crippen LogP contribution < -0.4 is 10.1 Å². The topological polar surface area (TPSA) is 51.2 Å². The van der Waals surface area contributed by atoms with Gasteiger partial charge in [0.25, 0.3) is 0 Å². The summed E-state index contributed by atoms with van der Waals surface area (Å²) in [5.74, 6) is 0.505. The van der Waals surface area contributed by atoms with Crippen molar-refractivity contribution in [3.63, 3.8) is 0 Å². The van der Waals surface area contributed by atoms with Crippen LogP contribution >= 0.6 is 0 Å². The number of carbonyl (C=O) groups excluding carboxylic acids is 1. The lowest BCUT2D eigenvalue weighted by Crippen LogP contribution is -2.21. The van der Waals surface area contributed by atoms with E-state index in [1.165, 1.54) is 7.05 Å². The summed E-state index contributed by atoms with van der Waals surface area (Å²) in [5, 5.41) is 2.39. The number of aryl methyl sites for hydroxylation is 1. The molecule has 1 amide bonds. The highest BCUT2D eigenvalue weighted by Crippen LogP contribution is 2.20. The van der Waals surface area contributed by atoms with Crippen LogP contribution in [0.1, 0.15) is 5.69 Å². The van der Waals surface area contributed by atoms with E-state index >= 15 is 0 Å². The van der Waals surface area contributed by atoms with Gasteiger partial charge in [0, 0.05) is 18.3 Å². The first-order chi connectivity index (χ1) is 8.69. The molecule has 0 fully saturated rings. The average molecular weight is 242 g/mol. The molecule has 0 saturated heterocycles. The van der Waals surface area contributed by atoms with Crippen LogP contribution in [-0.4, -0.2) is 18.1 Å². The molecular weight excluding hydrogens is 228 g/mol. The molecule has 0 aliphatic carbocycles. The third-order valence-electron chi connectivity index (χ3n) is 2.45. The molecule has 0 aliphatic rings. The number of pyridine rings is 1. The van der Waals surface area contributed by atoms with E-state index in [1.54, 1.807) is 12.1 Å². The molecule has 0 saturated carbocycles. The Balaban J connectivity index is 2.19. The van der Waals surface area contributed by atoms with E-state index < -0.39 is 6.09 Å². The summed E-state index contributed by atoms with van der Waals surface area (Å²) in [7, 11) is 1.52. The van der Waals surface area contributed by atoms with Crippen molar-refractivity contribution in [1.82, 2.24) is 10.3 Å². The summed E-state index contributed by atoms with van der Waals surface area (Å²) < 4.78 is 5.01. The molecule has 4 nitrogen and oxygen atoms in total. The minimum absolute atomic E-state index is 0.476. The van der Waals surface area contributed by atoms with E-state index in [0.29, 0.717) is 5.75 Å². The van der Waals surface area contributed by atoms with Gasteiger partial charge in [0.15, 0.2) is 0 Å². The van der Waals surface area contributed by atoms with Crippen LogP contribution in [0.2, 0.25) is 0 Å². The fourth-order valence-corrected chi connectivity index (χ4v) is 1.56. The van der Waals surface area contributed by atoms with Gasteiger partial charge < -0.3 is 10.1 Å². The van der Waals surface area contributed by atoms with Crippen LogP contribution in [0, 0.1) is 6.92 Å². The van der Waals surface area contributed by atoms with Crippen LogP contribution in [0.4, 0.5) is 4.79 Å². The van der Waals surface area contributed by atoms with Crippen molar-refractivity contribution in [2.45, 2.75) is 6.92 Å².